The van der Waals surface area contributed by atoms with Crippen molar-refractivity contribution < 1.29 is 20.1 Å². The number of aliphatic hydroxyl groups is 3. The van der Waals surface area contributed by atoms with Gasteiger partial charge in [0.25, 0.3) is 0 Å². The van der Waals surface area contributed by atoms with E-state index in [9.17, 15) is 15.3 Å². The van der Waals surface area contributed by atoms with Crippen molar-refractivity contribution in [1.29, 1.82) is 0 Å². The van der Waals surface area contributed by atoms with Gasteiger partial charge in [-0.2, -0.15) is 0 Å². The number of rotatable bonds is 2. The first kappa shape index (κ1) is 14.2. The van der Waals surface area contributed by atoms with E-state index < -0.39 is 35.9 Å². The van der Waals surface area contributed by atoms with E-state index in [-0.39, 0.29) is 6.54 Å². The second kappa shape index (κ2) is 5.20. The van der Waals surface area contributed by atoms with Crippen LogP contribution in [0.1, 0.15) is 20.8 Å². The summed E-state index contributed by atoms with van der Waals surface area (Å²) in [6.45, 7) is 5.50. The fraction of sp³-hybridized carbons (Fsp3) is 1.00. The Kier molecular flexibility index (Phi) is 4.35. The zero-order chi connectivity index (χ0) is 13.2. The largest absolute Gasteiger partial charge is 0.388 e. The number of hydrogen-bond donors (Lipinski definition) is 3. The molecule has 1 rings (SSSR count). The Labute approximate surface area is 99.6 Å². The molecule has 1 saturated heterocycles. The molecule has 1 fully saturated rings. The second-order valence-electron chi connectivity index (χ2n) is 5.35. The van der Waals surface area contributed by atoms with Gasteiger partial charge >= 0.3 is 0 Å². The summed E-state index contributed by atoms with van der Waals surface area (Å²) < 4.78 is 5.52. The third-order valence-corrected chi connectivity index (χ3v) is 2.89. The molecule has 0 aromatic heterocycles. The smallest absolute Gasteiger partial charge is 0.111 e. The Balaban J connectivity index is 2.86. The van der Waals surface area contributed by atoms with Crippen molar-refractivity contribution in [3.63, 3.8) is 0 Å². The standard InChI is InChI=1S/C10H19N3O4/c1-10(2,3)9-8(16)7(15)6(14)5(17-9)4-12-13-11/h5-9,14-16H,4H2,1-3H3/t5-,6-,7+,8-,9-/m1/s1. The van der Waals surface area contributed by atoms with Crippen molar-refractivity contribution in [1.82, 2.24) is 0 Å². The quantitative estimate of drug-likeness (QED) is 0.365. The van der Waals surface area contributed by atoms with Crippen molar-refractivity contribution in [2.24, 2.45) is 10.5 Å². The monoisotopic (exact) mass is 245 g/mol. The molecule has 0 aliphatic carbocycles. The molecule has 17 heavy (non-hydrogen) atoms. The predicted molar refractivity (Wildman–Crippen MR) is 60.1 cm³/mol. The molecule has 3 N–H and O–H groups in total. The van der Waals surface area contributed by atoms with Crippen LogP contribution in [0.25, 0.3) is 10.4 Å². The summed E-state index contributed by atoms with van der Waals surface area (Å²) in [6.07, 6.45) is -5.14. The van der Waals surface area contributed by atoms with Crippen LogP contribution in [0.15, 0.2) is 5.11 Å². The van der Waals surface area contributed by atoms with Crippen molar-refractivity contribution in [3.05, 3.63) is 10.4 Å². The molecule has 1 aliphatic heterocycles. The minimum absolute atomic E-state index is 0.0754. The maximum absolute atomic E-state index is 9.85. The number of nitrogens with zero attached hydrogens (tertiary/aromatic N) is 3. The second-order valence-corrected chi connectivity index (χ2v) is 5.35. The van der Waals surface area contributed by atoms with Crippen LogP contribution in [0, 0.1) is 5.41 Å². The molecule has 7 heteroatoms. The topological polar surface area (TPSA) is 119 Å². The summed E-state index contributed by atoms with van der Waals surface area (Å²) in [5.74, 6) is 0. The van der Waals surface area contributed by atoms with Gasteiger partial charge in [0.05, 0.1) is 18.8 Å². The molecule has 1 aliphatic rings. The number of hydrogen-bond acceptors (Lipinski definition) is 5. The van der Waals surface area contributed by atoms with E-state index in [0.717, 1.165) is 0 Å². The summed E-state index contributed by atoms with van der Waals surface area (Å²) in [7, 11) is 0. The molecular weight excluding hydrogens is 226 g/mol. The highest BCUT2D eigenvalue weighted by Crippen LogP contribution is 2.33. The molecule has 0 bridgehead atoms. The minimum Gasteiger partial charge on any atom is -0.388 e. The fourth-order valence-corrected chi connectivity index (χ4v) is 1.93. The van der Waals surface area contributed by atoms with E-state index in [1.165, 1.54) is 0 Å². The third-order valence-electron chi connectivity index (χ3n) is 2.89. The van der Waals surface area contributed by atoms with Gasteiger partial charge in [-0.1, -0.05) is 25.9 Å². The third kappa shape index (κ3) is 3.08. The minimum atomic E-state index is -1.30. The molecule has 0 aromatic carbocycles. The van der Waals surface area contributed by atoms with Gasteiger partial charge in [-0.25, -0.2) is 0 Å². The SMILES string of the molecule is CC(C)(C)[C@@H]1O[C@H](CN=[N+]=[N-])[C@@H](O)[C@H](O)[C@H]1O. The maximum atomic E-state index is 9.85. The molecule has 7 nitrogen and oxygen atoms in total. The summed E-state index contributed by atoms with van der Waals surface area (Å²) >= 11 is 0. The van der Waals surface area contributed by atoms with E-state index in [2.05, 4.69) is 10.0 Å². The van der Waals surface area contributed by atoms with Crippen molar-refractivity contribution in [2.45, 2.75) is 51.3 Å². The van der Waals surface area contributed by atoms with Gasteiger partial charge in [0.2, 0.25) is 0 Å². The molecule has 0 saturated carbocycles. The van der Waals surface area contributed by atoms with Crippen LogP contribution >= 0.6 is 0 Å². The highest BCUT2D eigenvalue weighted by atomic mass is 16.5. The van der Waals surface area contributed by atoms with Crippen LogP contribution in [0.4, 0.5) is 0 Å². The molecule has 98 valence electrons. The lowest BCUT2D eigenvalue weighted by atomic mass is 9.80. The molecular formula is C10H19N3O4. The van der Waals surface area contributed by atoms with Gasteiger partial charge in [-0.3, -0.25) is 0 Å². The zero-order valence-electron chi connectivity index (χ0n) is 10.2. The predicted octanol–water partition coefficient (Wildman–Crippen LogP) is 0.193. The molecule has 0 amide bonds. The average Bonchev–Trinajstić information content (AvgIpc) is 2.23. The van der Waals surface area contributed by atoms with Crippen LogP contribution in [-0.4, -0.2) is 52.4 Å². The van der Waals surface area contributed by atoms with Crippen molar-refractivity contribution in [3.8, 4) is 0 Å². The van der Waals surface area contributed by atoms with Crippen LogP contribution < -0.4 is 0 Å². The average molecular weight is 245 g/mol. The van der Waals surface area contributed by atoms with Gasteiger partial charge < -0.3 is 20.1 Å². The first-order chi connectivity index (χ1) is 7.79. The van der Waals surface area contributed by atoms with Crippen LogP contribution in [0.2, 0.25) is 0 Å². The van der Waals surface area contributed by atoms with Crippen LogP contribution in [-0.2, 0) is 4.74 Å². The summed E-state index contributed by atoms with van der Waals surface area (Å²) in [4.78, 5) is 2.59. The molecule has 0 radical (unpaired) electrons. The first-order valence-electron chi connectivity index (χ1n) is 5.49. The van der Waals surface area contributed by atoms with E-state index in [4.69, 9.17) is 10.3 Å². The number of ether oxygens (including phenoxy) is 1. The Hall–Kier alpha value is -0.850. The van der Waals surface area contributed by atoms with E-state index in [1.807, 2.05) is 20.8 Å². The lowest BCUT2D eigenvalue weighted by Crippen LogP contribution is -2.61. The first-order valence-corrected chi connectivity index (χ1v) is 5.49. The fourth-order valence-electron chi connectivity index (χ4n) is 1.93. The number of azide groups is 1. The molecule has 1 heterocycles. The Morgan fingerprint density at radius 3 is 2.24 bits per heavy atom. The molecule has 0 aromatic rings. The van der Waals surface area contributed by atoms with Gasteiger partial charge in [-0.05, 0) is 10.9 Å². The van der Waals surface area contributed by atoms with Crippen molar-refractivity contribution in [2.75, 3.05) is 6.54 Å². The lowest BCUT2D eigenvalue weighted by molar-refractivity contribution is -0.241. The zero-order valence-corrected chi connectivity index (χ0v) is 10.2. The summed E-state index contributed by atoms with van der Waals surface area (Å²) in [6, 6.07) is 0. The Bertz CT molecular complexity index is 311. The van der Waals surface area contributed by atoms with Gasteiger partial charge in [0.15, 0.2) is 0 Å². The molecule has 0 unspecified atom stereocenters. The van der Waals surface area contributed by atoms with Crippen LogP contribution in [0.5, 0.6) is 0 Å². The highest BCUT2D eigenvalue weighted by molar-refractivity contribution is 4.96. The molecule has 0 spiro atoms. The summed E-state index contributed by atoms with van der Waals surface area (Å²) in [5.41, 5.74) is 7.84. The van der Waals surface area contributed by atoms with Gasteiger partial charge in [0.1, 0.15) is 18.3 Å². The maximum Gasteiger partial charge on any atom is 0.111 e. The van der Waals surface area contributed by atoms with Crippen LogP contribution in [0.3, 0.4) is 0 Å². The summed E-state index contributed by atoms with van der Waals surface area (Å²) in [5, 5.41) is 32.6. The normalized spacial score (nSPS) is 38.6. The van der Waals surface area contributed by atoms with Gasteiger partial charge in [-0.15, -0.1) is 0 Å². The highest BCUT2D eigenvalue weighted by Gasteiger charge is 2.47. The Morgan fingerprint density at radius 2 is 1.76 bits per heavy atom. The van der Waals surface area contributed by atoms with E-state index in [1.54, 1.807) is 0 Å². The number of aliphatic hydroxyl groups excluding tert-OH is 3. The van der Waals surface area contributed by atoms with Gasteiger partial charge in [0, 0.05) is 4.91 Å². The van der Waals surface area contributed by atoms with Crippen molar-refractivity contribution >= 4 is 0 Å². The van der Waals surface area contributed by atoms with E-state index in [0.29, 0.717) is 0 Å². The molecule has 5 atom stereocenters. The van der Waals surface area contributed by atoms with E-state index >= 15 is 0 Å². The Morgan fingerprint density at radius 1 is 1.18 bits per heavy atom. The lowest BCUT2D eigenvalue weighted by Gasteiger charge is -2.45.